The highest BCUT2D eigenvalue weighted by Gasteiger charge is 2.24. The third-order valence-corrected chi connectivity index (χ3v) is 1.98. The minimum atomic E-state index is -0.833. The molecule has 1 unspecified atom stereocenters. The number of ether oxygens (including phenoxy) is 1. The molecule has 1 aliphatic heterocycles. The van der Waals surface area contributed by atoms with Gasteiger partial charge in [0.25, 0.3) is 5.97 Å². The van der Waals surface area contributed by atoms with Gasteiger partial charge in [-0.05, 0) is 13.3 Å². The van der Waals surface area contributed by atoms with Crippen LogP contribution in [0.4, 0.5) is 0 Å². The van der Waals surface area contributed by atoms with Crippen molar-refractivity contribution < 1.29 is 14.6 Å². The molecule has 78 valence electrons. The molecule has 0 amide bonds. The fraction of sp³-hybridized carbons (Fsp3) is 0.889. The van der Waals surface area contributed by atoms with Crippen LogP contribution in [-0.2, 0) is 9.53 Å². The van der Waals surface area contributed by atoms with E-state index >= 15 is 0 Å². The maximum atomic E-state index is 9.00. The molecule has 0 saturated carbocycles. The summed E-state index contributed by atoms with van der Waals surface area (Å²) in [4.78, 5) is 9.00. The van der Waals surface area contributed by atoms with Crippen LogP contribution in [0, 0.1) is 0 Å². The van der Waals surface area contributed by atoms with E-state index in [1.54, 1.807) is 0 Å². The molecular formula is C9H19NO3. The maximum absolute atomic E-state index is 9.00. The second-order valence-electron chi connectivity index (χ2n) is 3.35. The smallest absolute Gasteiger partial charge is 0.300 e. The zero-order valence-electron chi connectivity index (χ0n) is 8.59. The molecule has 1 atom stereocenters. The van der Waals surface area contributed by atoms with Crippen LogP contribution in [0.5, 0.6) is 0 Å². The predicted octanol–water partition coefficient (Wildman–Crippen LogP) is 0.866. The Labute approximate surface area is 79.3 Å². The van der Waals surface area contributed by atoms with Crippen molar-refractivity contribution >= 4 is 5.97 Å². The molecule has 4 nitrogen and oxygen atoms in total. The molecule has 0 aromatic rings. The van der Waals surface area contributed by atoms with Crippen LogP contribution in [0.2, 0.25) is 0 Å². The molecule has 1 saturated heterocycles. The lowest BCUT2D eigenvalue weighted by Crippen LogP contribution is -2.47. The second-order valence-corrected chi connectivity index (χ2v) is 3.35. The number of hydrogen-bond donors (Lipinski definition) is 2. The fourth-order valence-electron chi connectivity index (χ4n) is 1.00. The Morgan fingerprint density at radius 2 is 2.23 bits per heavy atom. The summed E-state index contributed by atoms with van der Waals surface area (Å²) in [5.74, 6) is -0.833. The van der Waals surface area contributed by atoms with Gasteiger partial charge in [0.05, 0.1) is 12.2 Å². The van der Waals surface area contributed by atoms with Gasteiger partial charge in [0.1, 0.15) is 0 Å². The molecule has 1 heterocycles. The van der Waals surface area contributed by atoms with E-state index in [9.17, 15) is 0 Å². The topological polar surface area (TPSA) is 58.6 Å². The van der Waals surface area contributed by atoms with Crippen LogP contribution >= 0.6 is 0 Å². The van der Waals surface area contributed by atoms with E-state index in [1.807, 2.05) is 0 Å². The predicted molar refractivity (Wildman–Crippen MR) is 50.8 cm³/mol. The molecule has 0 aromatic carbocycles. The van der Waals surface area contributed by atoms with E-state index in [0.717, 1.165) is 33.0 Å². The Balaban J connectivity index is 0.000000310. The first-order valence-corrected chi connectivity index (χ1v) is 4.54. The molecule has 1 aliphatic rings. The molecule has 4 heteroatoms. The number of nitrogens with one attached hydrogen (secondary N) is 1. The first kappa shape index (κ1) is 12.4. The number of rotatable bonds is 1. The molecule has 1 rings (SSSR count). The van der Waals surface area contributed by atoms with Gasteiger partial charge >= 0.3 is 0 Å². The molecular weight excluding hydrogens is 170 g/mol. The zero-order valence-corrected chi connectivity index (χ0v) is 8.59. The molecule has 0 aromatic heterocycles. The van der Waals surface area contributed by atoms with Crippen LogP contribution in [0.3, 0.4) is 0 Å². The minimum Gasteiger partial charge on any atom is -0.481 e. The lowest BCUT2D eigenvalue weighted by atomic mass is 10.0. The number of morpholine rings is 1. The first-order valence-electron chi connectivity index (χ1n) is 4.54. The highest BCUT2D eigenvalue weighted by molar-refractivity contribution is 5.62. The van der Waals surface area contributed by atoms with Gasteiger partial charge in [-0.2, -0.15) is 0 Å². The van der Waals surface area contributed by atoms with E-state index in [4.69, 9.17) is 14.6 Å². The summed E-state index contributed by atoms with van der Waals surface area (Å²) in [6.07, 6.45) is 1.10. The number of carboxylic acid groups (broad SMARTS) is 1. The quantitative estimate of drug-likeness (QED) is 0.642. The van der Waals surface area contributed by atoms with Crippen LogP contribution in [-0.4, -0.2) is 36.4 Å². The van der Waals surface area contributed by atoms with Gasteiger partial charge in [-0.15, -0.1) is 0 Å². The van der Waals surface area contributed by atoms with Crippen molar-refractivity contribution in [1.29, 1.82) is 0 Å². The van der Waals surface area contributed by atoms with Crippen molar-refractivity contribution in [3.63, 3.8) is 0 Å². The van der Waals surface area contributed by atoms with Crippen molar-refractivity contribution in [1.82, 2.24) is 5.32 Å². The third kappa shape index (κ3) is 6.54. The van der Waals surface area contributed by atoms with E-state index in [0.29, 0.717) is 0 Å². The summed E-state index contributed by atoms with van der Waals surface area (Å²) in [7, 11) is 0. The summed E-state index contributed by atoms with van der Waals surface area (Å²) in [6.45, 7) is 8.27. The fourth-order valence-corrected chi connectivity index (χ4v) is 1.00. The van der Waals surface area contributed by atoms with Crippen LogP contribution in [0.1, 0.15) is 27.2 Å². The van der Waals surface area contributed by atoms with E-state index in [-0.39, 0.29) is 5.60 Å². The maximum Gasteiger partial charge on any atom is 0.300 e. The summed E-state index contributed by atoms with van der Waals surface area (Å²) in [5, 5.41) is 10.7. The molecule has 0 spiro atoms. The van der Waals surface area contributed by atoms with Gasteiger partial charge in [0.2, 0.25) is 0 Å². The second kappa shape index (κ2) is 5.94. The van der Waals surface area contributed by atoms with Gasteiger partial charge in [-0.1, -0.05) is 6.92 Å². The summed E-state index contributed by atoms with van der Waals surface area (Å²) >= 11 is 0. The molecule has 2 N–H and O–H groups in total. The number of carbonyl (C=O) groups is 1. The number of hydrogen-bond acceptors (Lipinski definition) is 3. The first-order chi connectivity index (χ1) is 6.00. The van der Waals surface area contributed by atoms with E-state index in [2.05, 4.69) is 19.2 Å². The largest absolute Gasteiger partial charge is 0.481 e. The summed E-state index contributed by atoms with van der Waals surface area (Å²) < 4.78 is 5.55. The van der Waals surface area contributed by atoms with Gasteiger partial charge in [-0.25, -0.2) is 0 Å². The third-order valence-electron chi connectivity index (χ3n) is 1.98. The SMILES string of the molecule is CC(=O)O.CCC1(C)CNCCO1. The standard InChI is InChI=1S/C7H15NO.C2H4O2/c1-3-7(2)6-8-4-5-9-7;1-2(3)4/h8H,3-6H2,1-2H3;1H3,(H,3,4). The van der Waals surface area contributed by atoms with E-state index < -0.39 is 5.97 Å². The summed E-state index contributed by atoms with van der Waals surface area (Å²) in [6, 6.07) is 0. The molecule has 1 fully saturated rings. The highest BCUT2D eigenvalue weighted by atomic mass is 16.5. The average molecular weight is 189 g/mol. The van der Waals surface area contributed by atoms with Gasteiger partial charge in [0, 0.05) is 20.0 Å². The van der Waals surface area contributed by atoms with Crippen molar-refractivity contribution in [2.45, 2.75) is 32.8 Å². The van der Waals surface area contributed by atoms with Gasteiger partial charge in [-0.3, -0.25) is 4.79 Å². The van der Waals surface area contributed by atoms with E-state index in [1.165, 1.54) is 0 Å². The Morgan fingerprint density at radius 3 is 2.46 bits per heavy atom. The molecule has 0 bridgehead atoms. The van der Waals surface area contributed by atoms with Crippen LogP contribution in [0.15, 0.2) is 0 Å². The number of carboxylic acids is 1. The Kier molecular flexibility index (Phi) is 5.66. The minimum absolute atomic E-state index is 0.109. The zero-order chi connectivity index (χ0) is 10.3. The van der Waals surface area contributed by atoms with Crippen LogP contribution in [0.25, 0.3) is 0 Å². The van der Waals surface area contributed by atoms with Crippen molar-refractivity contribution in [3.8, 4) is 0 Å². The Hall–Kier alpha value is -0.610. The Bertz CT molecular complexity index is 149. The molecule has 13 heavy (non-hydrogen) atoms. The molecule has 0 radical (unpaired) electrons. The van der Waals surface area contributed by atoms with Gasteiger partial charge < -0.3 is 15.2 Å². The lowest BCUT2D eigenvalue weighted by molar-refractivity contribution is -0.134. The van der Waals surface area contributed by atoms with Crippen molar-refractivity contribution in [2.75, 3.05) is 19.7 Å². The average Bonchev–Trinajstić information content (AvgIpc) is 2.05. The normalized spacial score (nSPS) is 27.3. The Morgan fingerprint density at radius 1 is 1.69 bits per heavy atom. The monoisotopic (exact) mass is 189 g/mol. The van der Waals surface area contributed by atoms with Gasteiger partial charge in [0.15, 0.2) is 0 Å². The van der Waals surface area contributed by atoms with Crippen LogP contribution < -0.4 is 5.32 Å². The van der Waals surface area contributed by atoms with Crippen molar-refractivity contribution in [2.24, 2.45) is 0 Å². The lowest BCUT2D eigenvalue weighted by Gasteiger charge is -2.33. The highest BCUT2D eigenvalue weighted by Crippen LogP contribution is 2.15. The van der Waals surface area contributed by atoms with Crippen molar-refractivity contribution in [3.05, 3.63) is 0 Å². The summed E-state index contributed by atoms with van der Waals surface area (Å²) in [5.41, 5.74) is 0.109. The molecule has 0 aliphatic carbocycles. The number of aliphatic carboxylic acids is 1.